The van der Waals surface area contributed by atoms with E-state index >= 15 is 0 Å². The number of nitrogens with two attached hydrogens (primary N) is 1. The van der Waals surface area contributed by atoms with E-state index in [1.807, 2.05) is 0 Å². The lowest BCUT2D eigenvalue weighted by molar-refractivity contribution is -0.311. The number of carbonyl (C=O) groups is 2. The number of amides is 1. The van der Waals surface area contributed by atoms with Crippen LogP contribution in [0.2, 0.25) is 0 Å². The van der Waals surface area contributed by atoms with Crippen LogP contribution in [0.15, 0.2) is 29.4 Å². The van der Waals surface area contributed by atoms with Gasteiger partial charge in [-0.3, -0.25) is 4.79 Å². The van der Waals surface area contributed by atoms with Crippen molar-refractivity contribution < 1.29 is 14.7 Å². The van der Waals surface area contributed by atoms with Gasteiger partial charge in [-0.1, -0.05) is 19.1 Å². The summed E-state index contributed by atoms with van der Waals surface area (Å²) in [6.45, 7) is 1.48. The van der Waals surface area contributed by atoms with Crippen molar-refractivity contribution in [2.45, 2.75) is 24.4 Å². The van der Waals surface area contributed by atoms with E-state index in [0.717, 1.165) is 0 Å². The molecule has 0 aliphatic heterocycles. The number of benzene rings is 1. The fourth-order valence-electron chi connectivity index (χ4n) is 2.19. The average Bonchev–Trinajstić information content (AvgIpc) is 2.90. The lowest BCUT2D eigenvalue weighted by atomic mass is 9.84. The summed E-state index contributed by atoms with van der Waals surface area (Å²) in [6.07, 6.45) is -0.102. The quantitative estimate of drug-likeness (QED) is 0.670. The fraction of sp³-hybridized carbons (Fsp3) is 0.308. The molecular formula is C13H13N5O3S-2. The molecule has 2 rings (SSSR count). The van der Waals surface area contributed by atoms with Gasteiger partial charge in [0.05, 0.1) is 5.69 Å². The highest BCUT2D eigenvalue weighted by Gasteiger charge is 2.23. The summed E-state index contributed by atoms with van der Waals surface area (Å²) in [7, 11) is 0. The molecule has 0 spiro atoms. The number of carboxylic acids is 1. The zero-order valence-electron chi connectivity index (χ0n) is 11.7. The number of aromatic nitrogens is 4. The summed E-state index contributed by atoms with van der Waals surface area (Å²) >= 11 is 4.99. The monoisotopic (exact) mass is 319 g/mol. The van der Waals surface area contributed by atoms with E-state index in [4.69, 9.17) is 18.4 Å². The van der Waals surface area contributed by atoms with E-state index in [0.29, 0.717) is 11.3 Å². The number of aliphatic carboxylic acids is 1. The van der Waals surface area contributed by atoms with Crippen LogP contribution in [0.1, 0.15) is 24.8 Å². The molecule has 1 amide bonds. The van der Waals surface area contributed by atoms with Crippen molar-refractivity contribution in [3.8, 4) is 5.69 Å². The Bertz CT molecular complexity index is 702. The Balaban J connectivity index is 2.42. The highest BCUT2D eigenvalue weighted by atomic mass is 32.1. The molecule has 2 aromatic rings. The molecule has 1 aromatic heterocycles. The van der Waals surface area contributed by atoms with Crippen LogP contribution < -0.4 is 10.8 Å². The Labute approximate surface area is 131 Å². The highest BCUT2D eigenvalue weighted by molar-refractivity contribution is 7.58. The van der Waals surface area contributed by atoms with Gasteiger partial charge < -0.3 is 28.3 Å². The minimum Gasteiger partial charge on any atom is -0.738 e. The first-order chi connectivity index (χ1) is 10.4. The standard InChI is InChI=1S/C13H15N5O3S/c1-7(12(20)21)10(6-11(14)19)8-3-2-4-9(5-8)18-13(22)15-16-17-18/h2-5,7,10H,6H2,1H3,(H2,14,19)(H,20,21)(H,15,17,22)/p-2. The molecule has 9 heteroatoms. The van der Waals surface area contributed by atoms with E-state index in [1.54, 1.807) is 24.3 Å². The maximum absolute atomic E-state index is 11.2. The van der Waals surface area contributed by atoms with Gasteiger partial charge in [0.25, 0.3) is 0 Å². The Hall–Kier alpha value is -2.55. The molecule has 2 N–H and O–H groups in total. The number of carboxylic acid groups (broad SMARTS) is 1. The molecule has 0 aliphatic rings. The third-order valence-corrected chi connectivity index (χ3v) is 3.63. The third-order valence-electron chi connectivity index (χ3n) is 3.38. The second-order valence-electron chi connectivity index (χ2n) is 4.85. The Morgan fingerprint density at radius 2 is 2.18 bits per heavy atom. The molecule has 1 aromatic carbocycles. The maximum atomic E-state index is 11.2. The predicted molar refractivity (Wildman–Crippen MR) is 75.5 cm³/mol. The molecule has 2 atom stereocenters. The summed E-state index contributed by atoms with van der Waals surface area (Å²) in [5.41, 5.74) is 6.42. The number of carbonyl (C=O) groups excluding carboxylic acids is 2. The van der Waals surface area contributed by atoms with Crippen LogP contribution >= 0.6 is 0 Å². The van der Waals surface area contributed by atoms with Gasteiger partial charge in [-0.15, -0.1) is 5.10 Å². The van der Waals surface area contributed by atoms with Crippen LogP contribution in [-0.2, 0) is 22.2 Å². The van der Waals surface area contributed by atoms with Crippen LogP contribution in [0.25, 0.3) is 5.69 Å². The normalized spacial score (nSPS) is 13.5. The van der Waals surface area contributed by atoms with Crippen molar-refractivity contribution in [1.29, 1.82) is 0 Å². The molecular weight excluding hydrogens is 306 g/mol. The van der Waals surface area contributed by atoms with E-state index in [2.05, 4.69) is 15.5 Å². The second kappa shape index (κ2) is 6.48. The van der Waals surface area contributed by atoms with Gasteiger partial charge in [0.1, 0.15) is 0 Å². The number of tetrazole rings is 1. The van der Waals surface area contributed by atoms with Gasteiger partial charge in [0.15, 0.2) is 0 Å². The first kappa shape index (κ1) is 15.8. The fourth-order valence-corrected chi connectivity index (χ4v) is 2.37. The minimum atomic E-state index is -1.25. The van der Waals surface area contributed by atoms with Crippen molar-refractivity contribution in [2.24, 2.45) is 11.7 Å². The van der Waals surface area contributed by atoms with Crippen molar-refractivity contribution in [2.75, 3.05) is 0 Å². The number of hydrogen-bond acceptors (Lipinski definition) is 7. The molecule has 8 nitrogen and oxygen atoms in total. The van der Waals surface area contributed by atoms with Gasteiger partial charge in [-0.25, -0.2) is 4.68 Å². The zero-order chi connectivity index (χ0) is 16.3. The summed E-state index contributed by atoms with van der Waals surface area (Å²) in [4.78, 5) is 22.4. The van der Waals surface area contributed by atoms with Crippen LogP contribution in [-0.4, -0.2) is 32.1 Å². The van der Waals surface area contributed by atoms with Crippen LogP contribution in [0.4, 0.5) is 0 Å². The Kier molecular flexibility index (Phi) is 4.66. The molecule has 1 heterocycles. The largest absolute Gasteiger partial charge is 0.738 e. The van der Waals surface area contributed by atoms with Gasteiger partial charge in [0.2, 0.25) is 5.91 Å². The molecule has 22 heavy (non-hydrogen) atoms. The maximum Gasteiger partial charge on any atom is 0.218 e. The van der Waals surface area contributed by atoms with Gasteiger partial charge >= 0.3 is 0 Å². The molecule has 0 aliphatic carbocycles. The van der Waals surface area contributed by atoms with E-state index in [9.17, 15) is 14.7 Å². The minimum absolute atomic E-state index is 0.102. The number of primary amides is 1. The molecule has 0 fully saturated rings. The van der Waals surface area contributed by atoms with E-state index < -0.39 is 23.7 Å². The first-order valence-corrected chi connectivity index (χ1v) is 6.86. The number of rotatable bonds is 6. The van der Waals surface area contributed by atoms with Crippen LogP contribution in [0.5, 0.6) is 0 Å². The number of nitrogens with zero attached hydrogens (tertiary/aromatic N) is 4. The van der Waals surface area contributed by atoms with Crippen molar-refractivity contribution in [1.82, 2.24) is 20.2 Å². The van der Waals surface area contributed by atoms with Gasteiger partial charge in [-0.05, 0) is 28.1 Å². The predicted octanol–water partition coefficient (Wildman–Crippen LogP) is -1.09. The second-order valence-corrected chi connectivity index (χ2v) is 5.22. The summed E-state index contributed by atoms with van der Waals surface area (Å²) < 4.78 is 1.34. The molecule has 0 bridgehead atoms. The third kappa shape index (κ3) is 3.37. The van der Waals surface area contributed by atoms with Gasteiger partial charge in [0, 0.05) is 29.4 Å². The molecule has 116 valence electrons. The summed E-state index contributed by atoms with van der Waals surface area (Å²) in [5, 5.41) is 22.2. The average molecular weight is 319 g/mol. The van der Waals surface area contributed by atoms with Crippen molar-refractivity contribution in [3.63, 3.8) is 0 Å². The lowest BCUT2D eigenvalue weighted by Gasteiger charge is -2.24. The molecule has 2 unspecified atom stereocenters. The van der Waals surface area contributed by atoms with Crippen molar-refractivity contribution >= 4 is 24.5 Å². The first-order valence-electron chi connectivity index (χ1n) is 6.45. The van der Waals surface area contributed by atoms with Crippen molar-refractivity contribution in [3.05, 3.63) is 29.8 Å². The zero-order valence-corrected chi connectivity index (χ0v) is 12.5. The SMILES string of the molecule is CC(C(=O)[O-])C(CC(N)=O)c1cccc(-n2nnnc2[S-])c1. The lowest BCUT2D eigenvalue weighted by Crippen LogP contribution is -2.34. The highest BCUT2D eigenvalue weighted by Crippen LogP contribution is 2.29. The number of hydrogen-bond donors (Lipinski definition) is 1. The Morgan fingerprint density at radius 1 is 1.45 bits per heavy atom. The van der Waals surface area contributed by atoms with Gasteiger partial charge in [-0.2, -0.15) is 0 Å². The smallest absolute Gasteiger partial charge is 0.218 e. The molecule has 0 saturated heterocycles. The Morgan fingerprint density at radius 3 is 2.73 bits per heavy atom. The van der Waals surface area contributed by atoms with E-state index in [-0.39, 0.29) is 11.6 Å². The summed E-state index contributed by atoms with van der Waals surface area (Å²) in [5.74, 6) is -3.31. The molecule has 0 saturated carbocycles. The molecule has 0 radical (unpaired) electrons. The summed E-state index contributed by atoms with van der Waals surface area (Å²) in [6, 6.07) is 6.82. The van der Waals surface area contributed by atoms with E-state index in [1.165, 1.54) is 11.6 Å². The van der Waals surface area contributed by atoms with Crippen LogP contribution in [0, 0.1) is 5.92 Å². The van der Waals surface area contributed by atoms with Crippen LogP contribution in [0.3, 0.4) is 0 Å². The topological polar surface area (TPSA) is 127 Å².